The first-order chi connectivity index (χ1) is 22.7. The number of nitrogens with zero attached hydrogens (tertiary/aromatic N) is 7. The summed E-state index contributed by atoms with van der Waals surface area (Å²) in [6, 6.07) is 17.1. The minimum atomic E-state index is -0.578. The minimum Gasteiger partial charge on any atom is -0.496 e. The normalized spacial score (nSPS) is 14.8. The number of nitro groups is 1. The van der Waals surface area contributed by atoms with Gasteiger partial charge in [0.25, 0.3) is 17.5 Å². The van der Waals surface area contributed by atoms with Crippen molar-refractivity contribution in [2.45, 2.75) is 12.8 Å². The van der Waals surface area contributed by atoms with E-state index in [1.807, 2.05) is 35.2 Å². The summed E-state index contributed by atoms with van der Waals surface area (Å²) < 4.78 is 6.93. The fraction of sp³-hybridized carbons (Fsp3) is 0.273. The van der Waals surface area contributed by atoms with Gasteiger partial charge < -0.3 is 24.8 Å². The Bertz CT molecular complexity index is 1870. The monoisotopic (exact) mass is 656 g/mol. The standard InChI is InChI=1S/C33H33ClN8O5/c1-21-7-6-14-41(21)23-12-10-22(11-13-23)32(43)35-26-20-27(25(34)19-28(26)42(45)46)39-15-17-40(18-16-39)33(44)31-30(36-37-38(31)2)24-8-4-5-9-29(24)47-3/h4-5,8-13,19-20H,1,6-7,14-18H2,2-3H3,(H,35,43). The average molecular weight is 657 g/mol. The Kier molecular flexibility index (Phi) is 8.81. The highest BCUT2D eigenvalue weighted by molar-refractivity contribution is 6.33. The second kappa shape index (κ2) is 13.1. The van der Waals surface area contributed by atoms with E-state index in [1.54, 1.807) is 37.3 Å². The van der Waals surface area contributed by atoms with Gasteiger partial charge in [0, 0.05) is 68.3 Å². The van der Waals surface area contributed by atoms with Gasteiger partial charge in [0.1, 0.15) is 17.1 Å². The number of anilines is 3. The lowest BCUT2D eigenvalue weighted by atomic mass is 10.1. The molecular weight excluding hydrogens is 624 g/mol. The zero-order chi connectivity index (χ0) is 33.2. The number of nitro benzene ring substituents is 1. The molecule has 242 valence electrons. The molecule has 3 aromatic carbocycles. The van der Waals surface area contributed by atoms with Gasteiger partial charge in [-0.15, -0.1) is 5.10 Å². The van der Waals surface area contributed by atoms with Crippen LogP contribution >= 0.6 is 11.6 Å². The third-order valence-corrected chi connectivity index (χ3v) is 8.78. The predicted octanol–water partition coefficient (Wildman–Crippen LogP) is 5.38. The van der Waals surface area contributed by atoms with Crippen molar-refractivity contribution in [2.24, 2.45) is 7.05 Å². The van der Waals surface area contributed by atoms with E-state index < -0.39 is 10.8 Å². The highest BCUT2D eigenvalue weighted by atomic mass is 35.5. The fourth-order valence-electron chi connectivity index (χ4n) is 6.00. The SMILES string of the molecule is C=C1CCCN1c1ccc(C(=O)Nc2cc(N3CCN(C(=O)c4c(-c5ccccc5OC)nnn4C)CC3)c(Cl)cc2[N+](=O)[O-])cc1. The number of carbonyl (C=O) groups excluding carboxylic acids is 2. The van der Waals surface area contributed by atoms with E-state index in [4.69, 9.17) is 16.3 Å². The number of methoxy groups -OCH3 is 1. The van der Waals surface area contributed by atoms with Crippen molar-refractivity contribution < 1.29 is 19.2 Å². The average Bonchev–Trinajstić information content (AvgIpc) is 3.69. The molecule has 2 saturated heterocycles. The zero-order valence-electron chi connectivity index (χ0n) is 26.0. The van der Waals surface area contributed by atoms with Crippen molar-refractivity contribution in [3.05, 3.63) is 99.3 Å². The maximum atomic E-state index is 13.7. The molecule has 6 rings (SSSR count). The summed E-state index contributed by atoms with van der Waals surface area (Å²) in [6.07, 6.45) is 1.96. The first-order valence-corrected chi connectivity index (χ1v) is 15.5. The molecule has 0 bridgehead atoms. The molecule has 0 unspecified atom stereocenters. The molecule has 47 heavy (non-hydrogen) atoms. The van der Waals surface area contributed by atoms with Crippen LogP contribution in [0.25, 0.3) is 11.3 Å². The number of allylic oxidation sites excluding steroid dienone is 1. The van der Waals surface area contributed by atoms with Gasteiger partial charge in [-0.25, -0.2) is 4.68 Å². The lowest BCUT2D eigenvalue weighted by Crippen LogP contribution is -2.49. The van der Waals surface area contributed by atoms with Crippen molar-refractivity contribution in [3.8, 4) is 17.0 Å². The molecular formula is C33H33ClN8O5. The Hall–Kier alpha value is -5.43. The third kappa shape index (κ3) is 6.21. The number of aromatic nitrogens is 3. The molecule has 3 heterocycles. The van der Waals surface area contributed by atoms with Gasteiger partial charge in [-0.3, -0.25) is 19.7 Å². The van der Waals surface area contributed by atoms with Crippen LogP contribution in [0.2, 0.25) is 5.02 Å². The van der Waals surface area contributed by atoms with Crippen molar-refractivity contribution in [1.29, 1.82) is 0 Å². The summed E-state index contributed by atoms with van der Waals surface area (Å²) in [6.45, 7) is 6.46. The molecule has 14 heteroatoms. The number of carbonyl (C=O) groups is 2. The lowest BCUT2D eigenvalue weighted by Gasteiger charge is -2.36. The Labute approximate surface area is 276 Å². The molecule has 2 fully saturated rings. The number of hydrogen-bond donors (Lipinski definition) is 1. The summed E-state index contributed by atoms with van der Waals surface area (Å²) in [7, 11) is 3.22. The van der Waals surface area contributed by atoms with Crippen LogP contribution in [0.15, 0.2) is 72.9 Å². The van der Waals surface area contributed by atoms with Gasteiger partial charge in [-0.1, -0.05) is 35.5 Å². The van der Waals surface area contributed by atoms with Gasteiger partial charge in [0.2, 0.25) is 0 Å². The summed E-state index contributed by atoms with van der Waals surface area (Å²) in [5.74, 6) is -0.145. The number of nitrogens with one attached hydrogen (secondary N) is 1. The number of para-hydroxylation sites is 1. The van der Waals surface area contributed by atoms with Gasteiger partial charge >= 0.3 is 0 Å². The Morgan fingerprint density at radius 3 is 2.43 bits per heavy atom. The smallest absolute Gasteiger partial charge is 0.294 e. The maximum absolute atomic E-state index is 13.7. The number of hydrogen-bond acceptors (Lipinski definition) is 9. The van der Waals surface area contributed by atoms with E-state index in [0.29, 0.717) is 60.1 Å². The van der Waals surface area contributed by atoms with Crippen LogP contribution in [-0.2, 0) is 7.05 Å². The van der Waals surface area contributed by atoms with Crippen LogP contribution in [0.5, 0.6) is 5.75 Å². The van der Waals surface area contributed by atoms with E-state index in [-0.39, 0.29) is 22.3 Å². The topological polar surface area (TPSA) is 139 Å². The van der Waals surface area contributed by atoms with E-state index in [0.717, 1.165) is 30.8 Å². The third-order valence-electron chi connectivity index (χ3n) is 8.48. The Morgan fingerprint density at radius 2 is 1.77 bits per heavy atom. The molecule has 2 aliphatic rings. The molecule has 13 nitrogen and oxygen atoms in total. The molecule has 0 spiro atoms. The number of aryl methyl sites for hydroxylation is 1. The quantitative estimate of drug-likeness (QED) is 0.196. The molecule has 0 atom stereocenters. The van der Waals surface area contributed by atoms with Gasteiger partial charge in [-0.05, 0) is 55.3 Å². The van der Waals surface area contributed by atoms with Crippen LogP contribution in [0, 0.1) is 10.1 Å². The molecule has 2 amide bonds. The fourth-order valence-corrected chi connectivity index (χ4v) is 6.27. The molecule has 1 N–H and O–H groups in total. The van der Waals surface area contributed by atoms with Crippen molar-refractivity contribution in [3.63, 3.8) is 0 Å². The van der Waals surface area contributed by atoms with Crippen molar-refractivity contribution >= 4 is 46.2 Å². The van der Waals surface area contributed by atoms with Crippen LogP contribution in [0.3, 0.4) is 0 Å². The summed E-state index contributed by atoms with van der Waals surface area (Å²) in [4.78, 5) is 44.1. The van der Waals surface area contributed by atoms with E-state index in [2.05, 4.69) is 27.1 Å². The molecule has 1 aromatic heterocycles. The predicted molar refractivity (Wildman–Crippen MR) is 179 cm³/mol. The number of halogens is 1. The van der Waals surface area contributed by atoms with E-state index >= 15 is 0 Å². The number of amides is 2. The van der Waals surface area contributed by atoms with Crippen LogP contribution in [-0.4, -0.2) is 76.5 Å². The number of rotatable bonds is 8. The zero-order valence-corrected chi connectivity index (χ0v) is 26.7. The molecule has 4 aromatic rings. The largest absolute Gasteiger partial charge is 0.496 e. The van der Waals surface area contributed by atoms with Gasteiger partial charge in [0.05, 0.1) is 22.7 Å². The number of ether oxygens (including phenoxy) is 1. The highest BCUT2D eigenvalue weighted by Gasteiger charge is 2.30. The van der Waals surface area contributed by atoms with E-state index in [1.165, 1.54) is 16.8 Å². The van der Waals surface area contributed by atoms with Gasteiger partial charge in [0.15, 0.2) is 5.69 Å². The van der Waals surface area contributed by atoms with Crippen LogP contribution in [0.1, 0.15) is 33.7 Å². The second-order valence-electron chi connectivity index (χ2n) is 11.3. The number of piperazine rings is 1. The molecule has 0 aliphatic carbocycles. The van der Waals surface area contributed by atoms with E-state index in [9.17, 15) is 19.7 Å². The lowest BCUT2D eigenvalue weighted by molar-refractivity contribution is -0.383. The summed E-state index contributed by atoms with van der Waals surface area (Å²) >= 11 is 6.56. The Morgan fingerprint density at radius 1 is 1.04 bits per heavy atom. The Balaban J connectivity index is 1.18. The summed E-state index contributed by atoms with van der Waals surface area (Å²) in [5, 5.41) is 23.2. The minimum absolute atomic E-state index is 0.0253. The van der Waals surface area contributed by atoms with Crippen LogP contribution < -0.4 is 19.9 Å². The molecule has 2 aliphatic heterocycles. The van der Waals surface area contributed by atoms with Gasteiger partial charge in [-0.2, -0.15) is 0 Å². The van der Waals surface area contributed by atoms with Crippen molar-refractivity contribution in [2.75, 3.05) is 55.0 Å². The molecule has 0 saturated carbocycles. The number of benzene rings is 3. The molecule has 0 radical (unpaired) electrons. The first-order valence-electron chi connectivity index (χ1n) is 15.1. The highest BCUT2D eigenvalue weighted by Crippen LogP contribution is 2.38. The first kappa shape index (κ1) is 31.5. The maximum Gasteiger partial charge on any atom is 0.294 e. The summed E-state index contributed by atoms with van der Waals surface area (Å²) in [5.41, 5.74) is 3.96. The van der Waals surface area contributed by atoms with Crippen molar-refractivity contribution in [1.82, 2.24) is 19.9 Å². The second-order valence-corrected chi connectivity index (χ2v) is 11.7. The van der Waals surface area contributed by atoms with Crippen LogP contribution in [0.4, 0.5) is 22.7 Å².